The normalized spacial score (nSPS) is 34.4. The number of aliphatic hydroxyl groups excluding tert-OH is 1. The van der Waals surface area contributed by atoms with Gasteiger partial charge in [0.05, 0.1) is 29.2 Å². The van der Waals surface area contributed by atoms with Gasteiger partial charge in [-0.2, -0.15) is 0 Å². The molecule has 8 nitrogen and oxygen atoms in total. The smallest absolute Gasteiger partial charge is 0.264 e. The first-order chi connectivity index (χ1) is 23.1. The van der Waals surface area contributed by atoms with Crippen LogP contribution in [0.25, 0.3) is 0 Å². The summed E-state index contributed by atoms with van der Waals surface area (Å²) in [7, 11) is -2.26. The maximum absolute atomic E-state index is 13.5. The molecule has 2 fully saturated rings. The zero-order valence-electron chi connectivity index (χ0n) is 30.0. The number of carbonyl (C=O) groups is 1. The zero-order valence-corrected chi connectivity index (χ0v) is 31.6. The van der Waals surface area contributed by atoms with Crippen LogP contribution >= 0.6 is 11.6 Å². The summed E-state index contributed by atoms with van der Waals surface area (Å²) in [5, 5.41) is 11.1. The largest absolute Gasteiger partial charge is 0.490 e. The Morgan fingerprint density at radius 1 is 1.29 bits per heavy atom. The van der Waals surface area contributed by atoms with E-state index in [-0.39, 0.29) is 29.2 Å². The second-order valence-corrected chi connectivity index (χ2v) is 17.7. The summed E-state index contributed by atoms with van der Waals surface area (Å²) < 4.78 is 42.3. The molecule has 1 amide bonds. The van der Waals surface area contributed by atoms with Crippen LogP contribution in [0.5, 0.6) is 5.75 Å². The molecule has 7 atom stereocenters. The van der Waals surface area contributed by atoms with Gasteiger partial charge < -0.3 is 19.5 Å². The number of benzene rings is 1. The monoisotopic (exact) mass is 714 g/mol. The quantitative estimate of drug-likeness (QED) is 0.304. The number of nitrogens with zero attached hydrogens (tertiary/aromatic N) is 1. The molecule has 5 rings (SSSR count). The number of methoxy groups -OCH3 is 1. The van der Waals surface area contributed by atoms with Crippen molar-refractivity contribution in [2.45, 2.75) is 96.5 Å². The molecule has 2 heterocycles. The molecule has 0 aromatic heterocycles. The van der Waals surface area contributed by atoms with E-state index in [2.05, 4.69) is 22.3 Å². The van der Waals surface area contributed by atoms with Crippen molar-refractivity contribution in [1.29, 1.82) is 0 Å². The van der Waals surface area contributed by atoms with E-state index < -0.39 is 38.3 Å². The van der Waals surface area contributed by atoms with Crippen molar-refractivity contribution in [3.05, 3.63) is 70.8 Å². The van der Waals surface area contributed by atoms with E-state index in [0.717, 1.165) is 48.9 Å². The number of nitrogens with one attached hydrogen (secondary N) is 1. The Hall–Kier alpha value is -2.59. The van der Waals surface area contributed by atoms with Gasteiger partial charge in [-0.3, -0.25) is 4.79 Å². The Kier molecular flexibility index (Phi) is 11.5. The predicted molar refractivity (Wildman–Crippen MR) is 197 cm³/mol. The van der Waals surface area contributed by atoms with Crippen LogP contribution in [0, 0.1) is 29.1 Å². The van der Waals surface area contributed by atoms with Gasteiger partial charge in [-0.25, -0.2) is 13.1 Å². The average molecular weight is 715 g/mol. The van der Waals surface area contributed by atoms with E-state index in [1.807, 2.05) is 45.9 Å². The average Bonchev–Trinajstić information content (AvgIpc) is 3.20. The van der Waals surface area contributed by atoms with Crippen molar-refractivity contribution in [2.75, 3.05) is 31.7 Å². The van der Waals surface area contributed by atoms with E-state index in [1.165, 1.54) is 0 Å². The van der Waals surface area contributed by atoms with E-state index in [0.29, 0.717) is 43.3 Å². The molecule has 2 aliphatic carbocycles. The van der Waals surface area contributed by atoms with Crippen molar-refractivity contribution in [2.24, 2.45) is 29.1 Å². The molecule has 0 saturated heterocycles. The van der Waals surface area contributed by atoms with Crippen molar-refractivity contribution in [1.82, 2.24) is 4.72 Å². The van der Waals surface area contributed by atoms with Gasteiger partial charge >= 0.3 is 0 Å². The standard InChI is InChI=1S/C39H55ClN2O6S/c1-8-32(40)19-29-12-10-17-38(27(29)5)23-42-22-31-13-15-33(31)39(47-7,21-35(43)25(2)3)18-9-11-26(4)28(6)49(45,46)41-37(44)30-14-16-36(48-24-38)34(42)20-30/h8-9,14,16,18-20,25-26,28,31,33,35,43H,5,10-13,15,17,21-24H2,1-4,6-7H3,(H,41,44)/b18-9+,29-19-,32-8+/t26-,28+,31-,33+,35-,38-,39+/m0/s1. The number of anilines is 1. The number of hydrogen-bond donors (Lipinski definition) is 2. The van der Waals surface area contributed by atoms with E-state index in [4.69, 9.17) is 21.1 Å². The minimum atomic E-state index is -3.98. The van der Waals surface area contributed by atoms with Crippen LogP contribution in [0.1, 0.15) is 89.9 Å². The summed E-state index contributed by atoms with van der Waals surface area (Å²) in [4.78, 5) is 15.9. The fourth-order valence-corrected chi connectivity index (χ4v) is 9.50. The van der Waals surface area contributed by atoms with Gasteiger partial charge in [0.1, 0.15) is 5.75 Å². The van der Waals surface area contributed by atoms with Crippen LogP contribution in [-0.4, -0.2) is 63.2 Å². The molecule has 270 valence electrons. The van der Waals surface area contributed by atoms with Crippen LogP contribution in [0.3, 0.4) is 0 Å². The molecule has 1 aromatic carbocycles. The fraction of sp³-hybridized carbons (Fsp3) is 0.615. The summed E-state index contributed by atoms with van der Waals surface area (Å²) in [6, 6.07) is 5.20. The third-order valence-corrected chi connectivity index (χ3v) is 14.1. The lowest BCUT2D eigenvalue weighted by atomic mass is 9.62. The predicted octanol–water partition coefficient (Wildman–Crippen LogP) is 7.54. The molecular weight excluding hydrogens is 660 g/mol. The Morgan fingerprint density at radius 2 is 2.04 bits per heavy atom. The maximum atomic E-state index is 13.5. The number of allylic oxidation sites excluding steroid dienone is 5. The van der Waals surface area contributed by atoms with Gasteiger partial charge in [0, 0.05) is 42.6 Å². The van der Waals surface area contributed by atoms with Gasteiger partial charge in [-0.1, -0.05) is 57.2 Å². The van der Waals surface area contributed by atoms with Crippen molar-refractivity contribution >= 4 is 33.2 Å². The van der Waals surface area contributed by atoms with Crippen LogP contribution in [0.4, 0.5) is 5.69 Å². The Bertz CT molecular complexity index is 1620. The van der Waals surface area contributed by atoms with E-state index in [9.17, 15) is 18.3 Å². The minimum Gasteiger partial charge on any atom is -0.490 e. The number of sulfonamides is 1. The summed E-state index contributed by atoms with van der Waals surface area (Å²) >= 11 is 6.48. The molecular formula is C39H55ClN2O6S. The molecule has 2 bridgehead atoms. The summed E-state index contributed by atoms with van der Waals surface area (Å²) in [5.41, 5.74) is 2.05. The minimum absolute atomic E-state index is 0.0514. The van der Waals surface area contributed by atoms with Gasteiger partial charge in [0.25, 0.3) is 5.91 Å². The van der Waals surface area contributed by atoms with Gasteiger partial charge in [0.2, 0.25) is 10.0 Å². The lowest BCUT2D eigenvalue weighted by Gasteiger charge is -2.51. The third kappa shape index (κ3) is 7.70. The fourth-order valence-electron chi connectivity index (χ4n) is 8.09. The number of carbonyl (C=O) groups excluding carboxylic acids is 1. The van der Waals surface area contributed by atoms with Crippen LogP contribution < -0.4 is 14.4 Å². The summed E-state index contributed by atoms with van der Waals surface area (Å²) in [5.74, 6) is 0.140. The van der Waals surface area contributed by atoms with E-state index in [1.54, 1.807) is 32.2 Å². The van der Waals surface area contributed by atoms with Crippen molar-refractivity contribution in [3.8, 4) is 5.75 Å². The third-order valence-electron chi connectivity index (χ3n) is 11.9. The van der Waals surface area contributed by atoms with Crippen LogP contribution in [0.15, 0.2) is 65.3 Å². The molecule has 2 aliphatic heterocycles. The van der Waals surface area contributed by atoms with Crippen molar-refractivity contribution < 1.29 is 27.8 Å². The molecule has 2 saturated carbocycles. The molecule has 10 heteroatoms. The molecule has 0 radical (unpaired) electrons. The first kappa shape index (κ1) is 37.7. The first-order valence-electron chi connectivity index (χ1n) is 17.9. The number of hydrogen-bond acceptors (Lipinski definition) is 7. The number of rotatable bonds is 5. The number of amides is 1. The SMILES string of the molecule is C=C1/C(=C\C(Cl)=C/C)CCC[C@]12COc1ccc3cc1N(C[C@@H]1CC[C@H]1[C@@](C[C@H](O)C(C)C)(OC)/C=C/C[C@H](C)[C@@H](C)S(=O)(=O)NC3=O)C2. The van der Waals surface area contributed by atoms with Gasteiger partial charge in [0.15, 0.2) is 0 Å². The number of halogens is 1. The van der Waals surface area contributed by atoms with Crippen molar-refractivity contribution in [3.63, 3.8) is 0 Å². The maximum Gasteiger partial charge on any atom is 0.264 e. The molecule has 2 N–H and O–H groups in total. The number of ether oxygens (including phenoxy) is 2. The highest BCUT2D eigenvalue weighted by atomic mass is 35.5. The van der Waals surface area contributed by atoms with Crippen LogP contribution in [0.2, 0.25) is 0 Å². The number of fused-ring (bicyclic) bond motifs is 2. The van der Waals surface area contributed by atoms with E-state index >= 15 is 0 Å². The highest BCUT2D eigenvalue weighted by molar-refractivity contribution is 7.90. The lowest BCUT2D eigenvalue weighted by Crippen LogP contribution is -2.53. The zero-order chi connectivity index (χ0) is 35.7. The topological polar surface area (TPSA) is 105 Å². The molecule has 4 aliphatic rings. The Balaban J connectivity index is 1.62. The van der Waals surface area contributed by atoms with Crippen LogP contribution in [-0.2, 0) is 14.8 Å². The summed E-state index contributed by atoms with van der Waals surface area (Å²) in [6.45, 7) is 15.8. The first-order valence-corrected chi connectivity index (χ1v) is 19.8. The highest BCUT2D eigenvalue weighted by Crippen LogP contribution is 2.51. The molecule has 1 aromatic rings. The molecule has 1 spiro atoms. The Morgan fingerprint density at radius 3 is 2.69 bits per heavy atom. The van der Waals surface area contributed by atoms with Gasteiger partial charge in [-0.15, -0.1) is 0 Å². The second kappa shape index (κ2) is 14.9. The lowest BCUT2D eigenvalue weighted by molar-refractivity contribution is -0.103. The number of aliphatic hydroxyl groups is 1. The summed E-state index contributed by atoms with van der Waals surface area (Å²) in [6.07, 6.45) is 13.0. The highest BCUT2D eigenvalue weighted by Gasteiger charge is 2.50. The Labute approximate surface area is 298 Å². The second-order valence-electron chi connectivity index (χ2n) is 15.2. The molecule has 49 heavy (non-hydrogen) atoms. The van der Waals surface area contributed by atoms with Gasteiger partial charge in [-0.05, 0) is 111 Å². The molecule has 0 unspecified atom stereocenters.